The lowest BCUT2D eigenvalue weighted by Gasteiger charge is -2.51. The highest BCUT2D eigenvalue weighted by atomic mass is 16.5. The van der Waals surface area contributed by atoms with Gasteiger partial charge in [-0.05, 0) is 76.7 Å². The summed E-state index contributed by atoms with van der Waals surface area (Å²) >= 11 is 0. The Labute approximate surface area is 191 Å². The molecule has 5 rings (SSSR count). The molecular formula is C26H35N3O3. The molecule has 6 heteroatoms. The topological polar surface area (TPSA) is 62.2 Å². The van der Waals surface area contributed by atoms with Crippen molar-refractivity contribution in [2.24, 2.45) is 10.9 Å². The third-order valence-corrected chi connectivity index (χ3v) is 8.46. The number of hydrogen-bond acceptors (Lipinski definition) is 5. The first-order valence-corrected chi connectivity index (χ1v) is 12.4. The largest absolute Gasteiger partial charge is 0.461 e. The van der Waals surface area contributed by atoms with Gasteiger partial charge in [-0.3, -0.25) is 9.69 Å². The summed E-state index contributed by atoms with van der Waals surface area (Å²) in [6, 6.07) is 1.26. The summed E-state index contributed by atoms with van der Waals surface area (Å²) in [6.07, 6.45) is 18.6. The van der Waals surface area contributed by atoms with Crippen LogP contribution in [-0.2, 0) is 14.3 Å². The molecule has 4 bridgehead atoms. The average Bonchev–Trinajstić information content (AvgIpc) is 3.47. The van der Waals surface area contributed by atoms with Gasteiger partial charge in [0.1, 0.15) is 0 Å². The van der Waals surface area contributed by atoms with Crippen LogP contribution in [0.5, 0.6) is 0 Å². The molecule has 2 saturated carbocycles. The van der Waals surface area contributed by atoms with Crippen LogP contribution in [0.4, 0.5) is 0 Å². The van der Waals surface area contributed by atoms with E-state index in [1.54, 1.807) is 13.0 Å². The van der Waals surface area contributed by atoms with Crippen molar-refractivity contribution in [2.45, 2.75) is 88.4 Å². The van der Waals surface area contributed by atoms with Gasteiger partial charge in [-0.2, -0.15) is 0 Å². The molecule has 4 fully saturated rings. The molecule has 3 aliphatic heterocycles. The van der Waals surface area contributed by atoms with E-state index in [0.29, 0.717) is 29.9 Å². The number of piperidine rings is 1. The molecule has 0 radical (unpaired) electrons. The predicted octanol–water partition coefficient (Wildman–Crippen LogP) is 3.79. The van der Waals surface area contributed by atoms with Crippen molar-refractivity contribution in [3.8, 4) is 0 Å². The molecule has 0 aromatic rings. The number of allylic oxidation sites excluding steroid dienone is 4. The summed E-state index contributed by atoms with van der Waals surface area (Å²) in [4.78, 5) is 35.0. The van der Waals surface area contributed by atoms with Crippen molar-refractivity contribution in [1.82, 2.24) is 9.80 Å². The normalized spacial score (nSPS) is 38.0. The van der Waals surface area contributed by atoms with E-state index >= 15 is 0 Å². The van der Waals surface area contributed by atoms with Crippen LogP contribution >= 0.6 is 0 Å². The molecule has 2 aliphatic carbocycles. The summed E-state index contributed by atoms with van der Waals surface area (Å²) in [6.45, 7) is 6.11. The SMILES string of the molecule is C=C/C=C\C=C1/CN(C2C[C@H]3CC[C@@H](C2)N3C23CCC(CC2)C3)C(=O)C(C(=O)OCC)=N1. The van der Waals surface area contributed by atoms with Gasteiger partial charge >= 0.3 is 5.97 Å². The number of rotatable bonds is 6. The Bertz CT molecular complexity index is 867. The van der Waals surface area contributed by atoms with Crippen LogP contribution in [0.15, 0.2) is 41.6 Å². The summed E-state index contributed by atoms with van der Waals surface area (Å²) < 4.78 is 5.15. The Morgan fingerprint density at radius 1 is 1.16 bits per heavy atom. The van der Waals surface area contributed by atoms with Crippen molar-refractivity contribution in [2.75, 3.05) is 13.2 Å². The number of aliphatic imine (C=N–C) groups is 1. The Balaban J connectivity index is 1.37. The summed E-state index contributed by atoms with van der Waals surface area (Å²) in [5.41, 5.74) is 1.07. The van der Waals surface area contributed by atoms with Gasteiger partial charge in [0, 0.05) is 23.7 Å². The van der Waals surface area contributed by atoms with Gasteiger partial charge < -0.3 is 9.64 Å². The lowest BCUT2D eigenvalue weighted by Crippen LogP contribution is -2.60. The van der Waals surface area contributed by atoms with Crippen molar-refractivity contribution in [3.05, 3.63) is 36.6 Å². The summed E-state index contributed by atoms with van der Waals surface area (Å²) in [5.74, 6) is 0.0459. The fourth-order valence-electron chi connectivity index (χ4n) is 7.27. The van der Waals surface area contributed by atoms with Gasteiger partial charge in [-0.15, -0.1) is 0 Å². The molecule has 3 heterocycles. The van der Waals surface area contributed by atoms with Gasteiger partial charge in [-0.25, -0.2) is 9.79 Å². The van der Waals surface area contributed by atoms with Crippen LogP contribution < -0.4 is 0 Å². The standard InChI is InChI=1S/C26H35N3O3/c1-3-5-6-7-19-17-28(24(30)23(27-19)25(31)32-4-2)22-14-20-8-9-21(15-22)29(20)26-12-10-18(16-26)11-13-26/h3,5-7,18,20-22H,1,4,8-17H2,2H3/b6-5-,19-7+/t18?,20-,21+,22?,26?. The molecule has 0 N–H and O–H groups in total. The van der Waals surface area contributed by atoms with E-state index in [1.165, 1.54) is 44.9 Å². The molecule has 32 heavy (non-hydrogen) atoms. The van der Waals surface area contributed by atoms with Crippen LogP contribution in [0.3, 0.4) is 0 Å². The zero-order valence-electron chi connectivity index (χ0n) is 19.2. The van der Waals surface area contributed by atoms with E-state index in [9.17, 15) is 9.59 Å². The second kappa shape index (κ2) is 8.62. The molecule has 172 valence electrons. The van der Waals surface area contributed by atoms with E-state index in [-0.39, 0.29) is 24.3 Å². The lowest BCUT2D eigenvalue weighted by molar-refractivity contribution is -0.138. The lowest BCUT2D eigenvalue weighted by atomic mass is 9.85. The minimum atomic E-state index is -0.622. The zero-order valence-corrected chi connectivity index (χ0v) is 19.2. The molecule has 3 atom stereocenters. The summed E-state index contributed by atoms with van der Waals surface area (Å²) in [7, 11) is 0. The van der Waals surface area contributed by atoms with E-state index in [4.69, 9.17) is 4.74 Å². The highest BCUT2D eigenvalue weighted by Gasteiger charge is 2.56. The van der Waals surface area contributed by atoms with Gasteiger partial charge in [0.05, 0.1) is 18.8 Å². The number of amides is 1. The maximum absolute atomic E-state index is 13.3. The molecule has 1 unspecified atom stereocenters. The van der Waals surface area contributed by atoms with Crippen LogP contribution in [0, 0.1) is 5.92 Å². The van der Waals surface area contributed by atoms with Gasteiger partial charge in [-0.1, -0.05) is 24.8 Å². The fraction of sp³-hybridized carbons (Fsp3) is 0.654. The molecule has 1 amide bonds. The third-order valence-electron chi connectivity index (χ3n) is 8.46. The first-order valence-electron chi connectivity index (χ1n) is 12.4. The Kier molecular flexibility index (Phi) is 5.82. The quantitative estimate of drug-likeness (QED) is 0.469. The smallest absolute Gasteiger partial charge is 0.362 e. The molecule has 0 aromatic carbocycles. The first kappa shape index (κ1) is 21.6. The highest BCUT2D eigenvalue weighted by Crippen LogP contribution is 2.56. The fourth-order valence-corrected chi connectivity index (χ4v) is 7.27. The van der Waals surface area contributed by atoms with Gasteiger partial charge in [0.15, 0.2) is 0 Å². The van der Waals surface area contributed by atoms with Gasteiger partial charge in [0.25, 0.3) is 5.91 Å². The van der Waals surface area contributed by atoms with Crippen LogP contribution in [-0.4, -0.2) is 64.2 Å². The number of nitrogens with zero attached hydrogens (tertiary/aromatic N) is 3. The second-order valence-corrected chi connectivity index (χ2v) is 10.2. The van der Waals surface area contributed by atoms with Crippen molar-refractivity contribution < 1.29 is 14.3 Å². The zero-order chi connectivity index (χ0) is 22.3. The van der Waals surface area contributed by atoms with Crippen LogP contribution in [0.25, 0.3) is 0 Å². The Morgan fingerprint density at radius 3 is 2.47 bits per heavy atom. The van der Waals surface area contributed by atoms with E-state index in [2.05, 4.69) is 16.5 Å². The van der Waals surface area contributed by atoms with Gasteiger partial charge in [0.2, 0.25) is 5.71 Å². The molecule has 6 nitrogen and oxygen atoms in total. The average molecular weight is 438 g/mol. The molecule has 5 aliphatic rings. The van der Waals surface area contributed by atoms with Crippen molar-refractivity contribution in [1.29, 1.82) is 0 Å². The highest BCUT2D eigenvalue weighted by molar-refractivity contribution is 6.64. The number of ether oxygens (including phenoxy) is 1. The van der Waals surface area contributed by atoms with E-state index in [0.717, 1.165) is 18.8 Å². The molecule has 0 aromatic heterocycles. The maximum Gasteiger partial charge on any atom is 0.362 e. The molecule has 0 spiro atoms. The monoisotopic (exact) mass is 437 g/mol. The summed E-state index contributed by atoms with van der Waals surface area (Å²) in [5, 5.41) is 0. The Hall–Kier alpha value is -2.21. The number of esters is 1. The number of hydrogen-bond donors (Lipinski definition) is 0. The van der Waals surface area contributed by atoms with Crippen LogP contribution in [0.2, 0.25) is 0 Å². The van der Waals surface area contributed by atoms with E-state index < -0.39 is 5.97 Å². The van der Waals surface area contributed by atoms with E-state index in [1.807, 2.05) is 23.1 Å². The second-order valence-electron chi connectivity index (χ2n) is 10.2. The Morgan fingerprint density at radius 2 is 1.88 bits per heavy atom. The first-order chi connectivity index (χ1) is 15.5. The van der Waals surface area contributed by atoms with Crippen molar-refractivity contribution >= 4 is 17.6 Å². The molecule has 2 saturated heterocycles. The minimum Gasteiger partial charge on any atom is -0.461 e. The van der Waals surface area contributed by atoms with Crippen molar-refractivity contribution in [3.63, 3.8) is 0 Å². The maximum atomic E-state index is 13.3. The number of carbonyl (C=O) groups is 2. The minimum absolute atomic E-state index is 0.0841. The molecular weight excluding hydrogens is 402 g/mol. The van der Waals surface area contributed by atoms with Crippen LogP contribution in [0.1, 0.15) is 64.7 Å². The third kappa shape index (κ3) is 3.66. The predicted molar refractivity (Wildman–Crippen MR) is 124 cm³/mol. The number of fused-ring (bicyclic) bond motifs is 5. The number of carbonyl (C=O) groups excluding carboxylic acids is 2.